The number of halogens is 2. The maximum absolute atomic E-state index is 12.5. The molecule has 0 fully saturated rings. The fraction of sp³-hybridized carbons (Fsp3) is 0.158. The van der Waals surface area contributed by atoms with E-state index in [1.807, 2.05) is 28.8 Å². The molecule has 0 bridgehead atoms. The zero-order valence-electron chi connectivity index (χ0n) is 15.4. The molecule has 0 radical (unpaired) electrons. The van der Waals surface area contributed by atoms with Crippen LogP contribution in [-0.2, 0) is 21.4 Å². The summed E-state index contributed by atoms with van der Waals surface area (Å²) in [6.45, 7) is -0.157. The lowest BCUT2D eigenvalue weighted by Crippen LogP contribution is -2.40. The smallest absolute Gasteiger partial charge is 0.241 e. The van der Waals surface area contributed by atoms with E-state index in [1.165, 1.54) is 18.2 Å². The van der Waals surface area contributed by atoms with Crippen molar-refractivity contribution in [1.82, 2.24) is 14.9 Å². The Balaban J connectivity index is 1.74. The molecule has 3 rings (SSSR count). The van der Waals surface area contributed by atoms with Crippen molar-refractivity contribution in [3.8, 4) is 5.69 Å². The topological polar surface area (TPSA) is 84.3 Å². The molecule has 152 valence electrons. The van der Waals surface area contributed by atoms with Crippen molar-refractivity contribution in [3.05, 3.63) is 76.8 Å². The van der Waals surface area contributed by atoms with Crippen LogP contribution in [0.1, 0.15) is 5.56 Å². The lowest BCUT2D eigenvalue weighted by Gasteiger charge is -2.22. The standard InChI is InChI=1S/C19H18Cl2N4O3S/c1-29(27,28)25(15-6-7-16(20)17(21)10-15)12-19(26)23-11-14-4-2-3-5-18(14)24-9-8-22-13-24/h2-10,13H,11-12H2,1H3,(H,23,26). The van der Waals surface area contributed by atoms with E-state index >= 15 is 0 Å². The molecule has 29 heavy (non-hydrogen) atoms. The largest absolute Gasteiger partial charge is 0.350 e. The molecular weight excluding hydrogens is 435 g/mol. The number of sulfonamides is 1. The molecule has 1 heterocycles. The molecule has 2 aromatic carbocycles. The van der Waals surface area contributed by atoms with Gasteiger partial charge >= 0.3 is 0 Å². The van der Waals surface area contributed by atoms with Gasteiger partial charge in [0.15, 0.2) is 0 Å². The number of amides is 1. The van der Waals surface area contributed by atoms with Crippen molar-refractivity contribution in [3.63, 3.8) is 0 Å². The number of carbonyl (C=O) groups excluding carboxylic acids is 1. The van der Waals surface area contributed by atoms with Gasteiger partial charge in [0.05, 0.1) is 34.0 Å². The van der Waals surface area contributed by atoms with Gasteiger partial charge in [-0.15, -0.1) is 0 Å². The summed E-state index contributed by atoms with van der Waals surface area (Å²) in [6.07, 6.45) is 6.15. The van der Waals surface area contributed by atoms with Crippen LogP contribution in [0.2, 0.25) is 10.0 Å². The first-order chi connectivity index (χ1) is 13.8. The number of nitrogens with zero attached hydrogens (tertiary/aromatic N) is 3. The number of hydrogen-bond acceptors (Lipinski definition) is 4. The second kappa shape index (κ2) is 8.86. The lowest BCUT2D eigenvalue weighted by molar-refractivity contribution is -0.119. The minimum Gasteiger partial charge on any atom is -0.350 e. The van der Waals surface area contributed by atoms with Crippen LogP contribution in [0.3, 0.4) is 0 Å². The van der Waals surface area contributed by atoms with Crippen LogP contribution < -0.4 is 9.62 Å². The van der Waals surface area contributed by atoms with Gasteiger partial charge in [0, 0.05) is 18.9 Å². The van der Waals surface area contributed by atoms with Crippen molar-refractivity contribution in [1.29, 1.82) is 0 Å². The zero-order chi connectivity index (χ0) is 21.0. The van der Waals surface area contributed by atoms with Crippen molar-refractivity contribution in [2.45, 2.75) is 6.54 Å². The molecule has 1 amide bonds. The van der Waals surface area contributed by atoms with E-state index in [0.717, 1.165) is 21.8 Å². The van der Waals surface area contributed by atoms with Gasteiger partial charge in [0.2, 0.25) is 15.9 Å². The van der Waals surface area contributed by atoms with Crippen LogP contribution in [0.4, 0.5) is 5.69 Å². The highest BCUT2D eigenvalue weighted by atomic mass is 35.5. The molecule has 0 saturated heterocycles. The van der Waals surface area contributed by atoms with E-state index in [0.29, 0.717) is 5.02 Å². The summed E-state index contributed by atoms with van der Waals surface area (Å²) < 4.78 is 27.2. The van der Waals surface area contributed by atoms with Gasteiger partial charge in [-0.25, -0.2) is 13.4 Å². The van der Waals surface area contributed by atoms with Crippen LogP contribution in [-0.4, -0.2) is 36.7 Å². The molecule has 3 aromatic rings. The predicted octanol–water partition coefficient (Wildman–Crippen LogP) is 3.26. The van der Waals surface area contributed by atoms with Crippen LogP contribution in [0.25, 0.3) is 5.69 Å². The van der Waals surface area contributed by atoms with Crippen LogP contribution >= 0.6 is 23.2 Å². The number of nitrogens with one attached hydrogen (secondary N) is 1. The number of hydrogen-bond donors (Lipinski definition) is 1. The fourth-order valence-electron chi connectivity index (χ4n) is 2.73. The molecule has 10 heteroatoms. The minimum atomic E-state index is -3.71. The maximum Gasteiger partial charge on any atom is 0.241 e. The van der Waals surface area contributed by atoms with Crippen molar-refractivity contribution >= 4 is 44.8 Å². The van der Waals surface area contributed by atoms with E-state index in [9.17, 15) is 13.2 Å². The Hall–Kier alpha value is -2.55. The van der Waals surface area contributed by atoms with Gasteiger partial charge in [0.25, 0.3) is 0 Å². The molecule has 1 N–H and O–H groups in total. The molecule has 0 spiro atoms. The third-order valence-corrected chi connectivity index (χ3v) is 6.01. The Morgan fingerprint density at radius 3 is 2.59 bits per heavy atom. The van der Waals surface area contributed by atoms with Crippen LogP contribution in [0.5, 0.6) is 0 Å². The maximum atomic E-state index is 12.5. The molecular formula is C19H18Cl2N4O3S. The first-order valence-electron chi connectivity index (χ1n) is 8.51. The van der Waals surface area contributed by atoms with Gasteiger partial charge in [-0.05, 0) is 29.8 Å². The van der Waals surface area contributed by atoms with Gasteiger partial charge < -0.3 is 9.88 Å². The van der Waals surface area contributed by atoms with Crippen LogP contribution in [0, 0.1) is 0 Å². The quantitative estimate of drug-likeness (QED) is 0.595. The van der Waals surface area contributed by atoms with E-state index in [2.05, 4.69) is 10.3 Å². The average molecular weight is 453 g/mol. The summed E-state index contributed by atoms with van der Waals surface area (Å²) in [7, 11) is -3.71. The highest BCUT2D eigenvalue weighted by Crippen LogP contribution is 2.28. The zero-order valence-corrected chi connectivity index (χ0v) is 17.7. The van der Waals surface area contributed by atoms with Crippen molar-refractivity contribution < 1.29 is 13.2 Å². The van der Waals surface area contributed by atoms with E-state index in [4.69, 9.17) is 23.2 Å². The van der Waals surface area contributed by atoms with Gasteiger partial charge in [-0.1, -0.05) is 41.4 Å². The summed E-state index contributed by atoms with van der Waals surface area (Å²) in [4.78, 5) is 16.5. The molecule has 1 aromatic heterocycles. The van der Waals surface area contributed by atoms with Gasteiger partial charge in [0.1, 0.15) is 6.54 Å². The summed E-state index contributed by atoms with van der Waals surface area (Å²) >= 11 is 11.9. The SMILES string of the molecule is CS(=O)(=O)N(CC(=O)NCc1ccccc1-n1ccnc1)c1ccc(Cl)c(Cl)c1. The predicted molar refractivity (Wildman–Crippen MR) is 114 cm³/mol. The second-order valence-electron chi connectivity index (χ2n) is 6.24. The Labute approximate surface area is 178 Å². The Morgan fingerprint density at radius 1 is 1.17 bits per heavy atom. The number of benzene rings is 2. The van der Waals surface area contributed by atoms with Crippen LogP contribution in [0.15, 0.2) is 61.2 Å². The van der Waals surface area contributed by atoms with E-state index in [-0.39, 0.29) is 23.8 Å². The Kier molecular flexibility index (Phi) is 6.46. The summed E-state index contributed by atoms with van der Waals surface area (Å²) in [5.74, 6) is -0.457. The number of rotatable bonds is 7. The fourth-order valence-corrected chi connectivity index (χ4v) is 3.87. The number of carbonyl (C=O) groups is 1. The first-order valence-corrected chi connectivity index (χ1v) is 11.1. The molecule has 0 aliphatic rings. The van der Waals surface area contributed by atoms with E-state index < -0.39 is 15.9 Å². The summed E-state index contributed by atoms with van der Waals surface area (Å²) in [5.41, 5.74) is 1.99. The van der Waals surface area contributed by atoms with Crippen molar-refractivity contribution in [2.75, 3.05) is 17.1 Å². The van der Waals surface area contributed by atoms with E-state index in [1.54, 1.807) is 18.7 Å². The molecule has 7 nitrogen and oxygen atoms in total. The Bertz CT molecular complexity index is 1120. The first kappa shape index (κ1) is 21.2. The highest BCUT2D eigenvalue weighted by Gasteiger charge is 2.21. The molecule has 0 saturated carbocycles. The number of anilines is 1. The third-order valence-electron chi connectivity index (χ3n) is 4.13. The Morgan fingerprint density at radius 2 is 1.93 bits per heavy atom. The number of aromatic nitrogens is 2. The van der Waals surface area contributed by atoms with Gasteiger partial charge in [-0.3, -0.25) is 9.10 Å². The minimum absolute atomic E-state index is 0.201. The van der Waals surface area contributed by atoms with Crippen molar-refractivity contribution in [2.24, 2.45) is 0 Å². The lowest BCUT2D eigenvalue weighted by atomic mass is 10.1. The van der Waals surface area contributed by atoms with Gasteiger partial charge in [-0.2, -0.15) is 0 Å². The summed E-state index contributed by atoms with van der Waals surface area (Å²) in [5, 5.41) is 3.26. The average Bonchev–Trinajstić information content (AvgIpc) is 3.21. The second-order valence-corrected chi connectivity index (χ2v) is 8.96. The molecule has 0 unspecified atom stereocenters. The number of para-hydroxylation sites is 1. The monoisotopic (exact) mass is 452 g/mol. The normalized spacial score (nSPS) is 11.3. The summed E-state index contributed by atoms with van der Waals surface area (Å²) in [6, 6.07) is 11.9. The number of imidazole rings is 1. The molecule has 0 aliphatic carbocycles. The molecule has 0 atom stereocenters. The third kappa shape index (κ3) is 5.29. The highest BCUT2D eigenvalue weighted by molar-refractivity contribution is 7.92. The molecule has 0 aliphatic heterocycles.